The number of nitriles is 1. The summed E-state index contributed by atoms with van der Waals surface area (Å²) in [6.07, 6.45) is -5.16. The molecule has 1 fully saturated rings. The highest BCUT2D eigenvalue weighted by Gasteiger charge is 2.47. The van der Waals surface area contributed by atoms with Crippen LogP contribution in [0.2, 0.25) is 0 Å². The molecule has 0 saturated carbocycles. The molecule has 30 heavy (non-hydrogen) atoms. The number of carbonyl (C=O) groups excluding carboxylic acids is 1. The van der Waals surface area contributed by atoms with Gasteiger partial charge in [0.2, 0.25) is 0 Å². The van der Waals surface area contributed by atoms with E-state index in [-0.39, 0.29) is 24.8 Å². The molecule has 2 rings (SSSR count). The van der Waals surface area contributed by atoms with E-state index in [4.69, 9.17) is 10.00 Å². The normalized spacial score (nSPS) is 23.0. The standard InChI is InChI=1S/C17H17F3N4O6/c18-13(19)15(28)24(20)6-1-3-10-8-23(16(29)22-14(10)27)17(4-2-5-21)7-11(26)12(9-25)30-17/h8,11-13,25-26H,2,4,6-7,9H2,(H,22,27,29)/t11-,12+,17+/m0/s1. The topological polar surface area (TPSA) is 149 Å². The SMILES string of the molecule is N#CCC[C@]1(n2cc(C#CCN(F)C(=O)C(F)F)c(=O)[nH]c2=O)C[C@H](O)[C@@H](CO)O1. The summed E-state index contributed by atoms with van der Waals surface area (Å²) in [4.78, 5) is 37.1. The van der Waals surface area contributed by atoms with Gasteiger partial charge in [0.15, 0.2) is 5.72 Å². The number of amides is 1. The lowest BCUT2D eigenvalue weighted by molar-refractivity contribution is -0.157. The summed E-state index contributed by atoms with van der Waals surface area (Å²) in [6.45, 7) is -1.62. The molecule has 1 aliphatic heterocycles. The summed E-state index contributed by atoms with van der Waals surface area (Å²) in [5.41, 5.74) is -3.87. The number of H-pyrrole nitrogens is 1. The van der Waals surface area contributed by atoms with Gasteiger partial charge in [-0.3, -0.25) is 19.1 Å². The van der Waals surface area contributed by atoms with Crippen molar-refractivity contribution in [2.45, 2.75) is 43.6 Å². The van der Waals surface area contributed by atoms with Crippen LogP contribution in [0.15, 0.2) is 15.8 Å². The van der Waals surface area contributed by atoms with Crippen LogP contribution in [0.1, 0.15) is 24.8 Å². The van der Waals surface area contributed by atoms with E-state index in [1.165, 1.54) is 0 Å². The highest BCUT2D eigenvalue weighted by molar-refractivity contribution is 5.78. The molecule has 0 aromatic carbocycles. The number of aromatic nitrogens is 2. The Bertz CT molecular complexity index is 1010. The molecule has 1 amide bonds. The number of aliphatic hydroxyl groups is 2. The smallest absolute Gasteiger partial charge is 0.330 e. The van der Waals surface area contributed by atoms with Crippen LogP contribution in [0, 0.1) is 23.2 Å². The van der Waals surface area contributed by atoms with E-state index in [1.54, 1.807) is 0 Å². The van der Waals surface area contributed by atoms with Gasteiger partial charge in [-0.15, -0.1) is 0 Å². The second kappa shape index (κ2) is 9.58. The molecule has 13 heteroatoms. The molecule has 0 unspecified atom stereocenters. The van der Waals surface area contributed by atoms with Gasteiger partial charge in [-0.25, -0.2) is 4.79 Å². The molecule has 1 aromatic heterocycles. The van der Waals surface area contributed by atoms with Crippen LogP contribution in [-0.2, 0) is 15.3 Å². The minimum Gasteiger partial charge on any atom is -0.394 e. The summed E-state index contributed by atoms with van der Waals surface area (Å²) in [6, 6.07) is 1.87. The van der Waals surface area contributed by atoms with Crippen molar-refractivity contribution in [1.82, 2.24) is 14.7 Å². The maximum absolute atomic E-state index is 13.2. The lowest BCUT2D eigenvalue weighted by Gasteiger charge is -2.30. The van der Waals surface area contributed by atoms with Crippen molar-refractivity contribution in [3.63, 3.8) is 0 Å². The maximum atomic E-state index is 13.2. The summed E-state index contributed by atoms with van der Waals surface area (Å²) in [5.74, 6) is 2.11. The fourth-order valence-electron chi connectivity index (χ4n) is 2.96. The Morgan fingerprint density at radius 2 is 2.20 bits per heavy atom. The number of hydrogen-bond acceptors (Lipinski definition) is 7. The summed E-state index contributed by atoms with van der Waals surface area (Å²) in [5, 5.41) is 27.5. The van der Waals surface area contributed by atoms with Crippen LogP contribution in [0.25, 0.3) is 0 Å². The highest BCUT2D eigenvalue weighted by Crippen LogP contribution is 2.37. The van der Waals surface area contributed by atoms with E-state index >= 15 is 0 Å². The quantitative estimate of drug-likeness (QED) is 0.386. The number of rotatable bonds is 6. The average molecular weight is 430 g/mol. The Labute approximate surface area is 167 Å². The van der Waals surface area contributed by atoms with Gasteiger partial charge in [0.25, 0.3) is 5.56 Å². The first-order valence-corrected chi connectivity index (χ1v) is 8.59. The number of halogens is 3. The van der Waals surface area contributed by atoms with Crippen molar-refractivity contribution >= 4 is 5.91 Å². The van der Waals surface area contributed by atoms with Crippen molar-refractivity contribution < 1.29 is 33.0 Å². The molecule has 2 heterocycles. The first-order valence-electron chi connectivity index (χ1n) is 8.59. The van der Waals surface area contributed by atoms with Gasteiger partial charge in [-0.2, -0.15) is 19.2 Å². The minimum absolute atomic E-state index is 0.0724. The molecule has 0 aliphatic carbocycles. The molecule has 0 radical (unpaired) electrons. The first kappa shape index (κ1) is 23.2. The van der Waals surface area contributed by atoms with Gasteiger partial charge in [0.05, 0.1) is 18.8 Å². The third kappa shape index (κ3) is 4.88. The third-order valence-electron chi connectivity index (χ3n) is 4.38. The fourth-order valence-corrected chi connectivity index (χ4v) is 2.96. The molecule has 1 aliphatic rings. The number of aliphatic hydroxyl groups excluding tert-OH is 2. The Kier molecular flexibility index (Phi) is 7.39. The zero-order chi connectivity index (χ0) is 22.5. The fraction of sp³-hybridized carbons (Fsp3) is 0.529. The number of alkyl halides is 2. The van der Waals surface area contributed by atoms with E-state index < -0.39 is 59.8 Å². The Morgan fingerprint density at radius 1 is 1.50 bits per heavy atom. The predicted molar refractivity (Wildman–Crippen MR) is 92.4 cm³/mol. The minimum atomic E-state index is -3.56. The van der Waals surface area contributed by atoms with E-state index in [0.29, 0.717) is 0 Å². The Balaban J connectivity index is 2.41. The molecule has 162 valence electrons. The molecule has 1 saturated heterocycles. The number of ether oxygens (including phenoxy) is 1. The Hall–Kier alpha value is -3.13. The second-order valence-corrected chi connectivity index (χ2v) is 6.35. The highest BCUT2D eigenvalue weighted by atomic mass is 19.3. The molecular formula is C17H17F3N4O6. The molecule has 3 atom stereocenters. The summed E-state index contributed by atoms with van der Waals surface area (Å²) < 4.78 is 44.0. The number of aromatic amines is 1. The van der Waals surface area contributed by atoms with Gasteiger partial charge in [0.1, 0.15) is 18.2 Å². The van der Waals surface area contributed by atoms with E-state index in [0.717, 1.165) is 10.8 Å². The molecule has 0 bridgehead atoms. The van der Waals surface area contributed by atoms with Gasteiger partial charge >= 0.3 is 18.0 Å². The van der Waals surface area contributed by atoms with Crippen molar-refractivity contribution in [3.05, 3.63) is 32.6 Å². The molecule has 0 spiro atoms. The third-order valence-corrected chi connectivity index (χ3v) is 4.38. The van der Waals surface area contributed by atoms with E-state index in [9.17, 15) is 37.9 Å². The van der Waals surface area contributed by atoms with Crippen LogP contribution >= 0.6 is 0 Å². The predicted octanol–water partition coefficient (Wildman–Crippen LogP) is -1.04. The summed E-state index contributed by atoms with van der Waals surface area (Å²) in [7, 11) is 0. The van der Waals surface area contributed by atoms with Crippen LogP contribution in [0.5, 0.6) is 0 Å². The van der Waals surface area contributed by atoms with Gasteiger partial charge in [0, 0.05) is 25.5 Å². The lowest BCUT2D eigenvalue weighted by atomic mass is 10.0. The van der Waals surface area contributed by atoms with Crippen molar-refractivity contribution in [2.75, 3.05) is 13.2 Å². The van der Waals surface area contributed by atoms with Gasteiger partial charge in [-0.1, -0.05) is 16.3 Å². The van der Waals surface area contributed by atoms with Crippen LogP contribution in [-0.4, -0.2) is 62.6 Å². The molecular weight excluding hydrogens is 413 g/mol. The number of hydrogen-bond donors (Lipinski definition) is 3. The van der Waals surface area contributed by atoms with Crippen molar-refractivity contribution in [2.24, 2.45) is 0 Å². The van der Waals surface area contributed by atoms with Crippen LogP contribution in [0.4, 0.5) is 13.3 Å². The Morgan fingerprint density at radius 3 is 2.77 bits per heavy atom. The molecule has 1 aromatic rings. The lowest BCUT2D eigenvalue weighted by Crippen LogP contribution is -2.45. The van der Waals surface area contributed by atoms with E-state index in [1.807, 2.05) is 17.0 Å². The van der Waals surface area contributed by atoms with Crippen LogP contribution < -0.4 is 11.2 Å². The average Bonchev–Trinajstić information content (AvgIpc) is 3.03. The maximum Gasteiger partial charge on any atom is 0.330 e. The van der Waals surface area contributed by atoms with Crippen molar-refractivity contribution in [3.8, 4) is 17.9 Å². The van der Waals surface area contributed by atoms with Gasteiger partial charge in [-0.05, 0) is 0 Å². The van der Waals surface area contributed by atoms with Crippen molar-refractivity contribution in [1.29, 1.82) is 5.26 Å². The second-order valence-electron chi connectivity index (χ2n) is 6.35. The van der Waals surface area contributed by atoms with E-state index in [2.05, 4.69) is 5.92 Å². The number of nitrogens with zero attached hydrogens (tertiary/aromatic N) is 3. The zero-order valence-corrected chi connectivity index (χ0v) is 15.3. The molecule has 10 nitrogen and oxygen atoms in total. The van der Waals surface area contributed by atoms with Gasteiger partial charge < -0.3 is 14.9 Å². The van der Waals surface area contributed by atoms with Crippen LogP contribution in [0.3, 0.4) is 0 Å². The summed E-state index contributed by atoms with van der Waals surface area (Å²) >= 11 is 0. The number of carbonyl (C=O) groups is 1. The number of nitrogens with one attached hydrogen (secondary N) is 1. The largest absolute Gasteiger partial charge is 0.394 e. The zero-order valence-electron chi connectivity index (χ0n) is 15.3. The monoisotopic (exact) mass is 430 g/mol. The molecule has 3 N–H and O–H groups in total. The first-order chi connectivity index (χ1) is 14.1.